The van der Waals surface area contributed by atoms with Crippen LogP contribution in [0.1, 0.15) is 19.3 Å². The number of thioether (sulfide) groups is 1. The topological polar surface area (TPSA) is 133 Å². The average molecular weight is 558 g/mol. The molecule has 1 saturated carbocycles. The summed E-state index contributed by atoms with van der Waals surface area (Å²) in [4.78, 5) is 56.7. The van der Waals surface area contributed by atoms with Gasteiger partial charge in [-0.25, -0.2) is 4.98 Å². The molecule has 4 amide bonds. The minimum Gasteiger partial charge on any atom is -0.349 e. The Labute approximate surface area is 224 Å². The Hall–Kier alpha value is -2.34. The summed E-state index contributed by atoms with van der Waals surface area (Å²) in [6.07, 6.45) is 2.60. The molecule has 0 saturated heterocycles. The van der Waals surface area contributed by atoms with Crippen LogP contribution in [-0.4, -0.2) is 79.0 Å². The first-order valence-electron chi connectivity index (χ1n) is 11.5. The molecule has 1 fully saturated rings. The molecule has 1 aliphatic heterocycles. The van der Waals surface area contributed by atoms with Crippen molar-refractivity contribution in [3.05, 3.63) is 33.3 Å². The van der Waals surface area contributed by atoms with Crippen LogP contribution < -0.4 is 21.3 Å². The number of aromatic nitrogens is 1. The van der Waals surface area contributed by atoms with Crippen LogP contribution in [0, 0.1) is 11.8 Å². The van der Waals surface area contributed by atoms with Crippen LogP contribution in [0.25, 0.3) is 0 Å². The van der Waals surface area contributed by atoms with Gasteiger partial charge in [0.15, 0.2) is 0 Å². The second-order valence-corrected chi connectivity index (χ2v) is 10.8. The molecule has 0 radical (unpaired) electrons. The number of pyridine rings is 1. The molecule has 36 heavy (non-hydrogen) atoms. The number of halogens is 2. The predicted octanol–water partition coefficient (Wildman–Crippen LogP) is 1.56. The molecular weight excluding hydrogens is 527 g/mol. The highest BCUT2D eigenvalue weighted by Gasteiger charge is 2.38. The number of amides is 4. The van der Waals surface area contributed by atoms with E-state index < -0.39 is 23.9 Å². The molecule has 1 aromatic rings. The molecule has 1 aliphatic carbocycles. The minimum atomic E-state index is -0.895. The fourth-order valence-corrected chi connectivity index (χ4v) is 6.02. The van der Waals surface area contributed by atoms with Crippen molar-refractivity contribution < 1.29 is 19.2 Å². The van der Waals surface area contributed by atoms with Crippen LogP contribution in [0.15, 0.2) is 28.3 Å². The normalized spacial score (nSPS) is 23.7. The van der Waals surface area contributed by atoms with Gasteiger partial charge in [-0.3, -0.25) is 19.2 Å². The van der Waals surface area contributed by atoms with Crippen LogP contribution in [0.5, 0.6) is 0 Å². The summed E-state index contributed by atoms with van der Waals surface area (Å²) < 4.78 is 0. The molecule has 2 heterocycles. The Balaban J connectivity index is 1.71. The van der Waals surface area contributed by atoms with Crippen LogP contribution in [0.2, 0.25) is 5.02 Å². The quantitative estimate of drug-likeness (QED) is 0.374. The Kier molecular flexibility index (Phi) is 10.0. The molecule has 196 valence electrons. The second-order valence-electron chi connectivity index (χ2n) is 8.96. The van der Waals surface area contributed by atoms with Crippen molar-refractivity contribution in [3.63, 3.8) is 0 Å². The van der Waals surface area contributed by atoms with Gasteiger partial charge in [0.2, 0.25) is 5.91 Å². The highest BCUT2D eigenvalue weighted by atomic mass is 35.5. The van der Waals surface area contributed by atoms with Gasteiger partial charge in [-0.2, -0.15) is 0 Å². The summed E-state index contributed by atoms with van der Waals surface area (Å²) >= 11 is 13.6. The Morgan fingerprint density at radius 3 is 2.47 bits per heavy atom. The van der Waals surface area contributed by atoms with Crippen molar-refractivity contribution in [3.8, 4) is 0 Å². The van der Waals surface area contributed by atoms with Gasteiger partial charge in [0.05, 0.1) is 16.0 Å². The lowest BCUT2D eigenvalue weighted by Gasteiger charge is -2.37. The van der Waals surface area contributed by atoms with E-state index in [-0.39, 0.29) is 29.5 Å². The lowest BCUT2D eigenvalue weighted by molar-refractivity contribution is -0.138. The first kappa shape index (κ1) is 28.2. The SMILES string of the molecule is CNCC1CSC(C(=O)N[C@@H]2C[C@@H](C(=O)N(C)C)CC[C@@H]2NC(=O)C(=O)Nc2ccc(Cl)cn2)=C1Cl. The number of carbonyl (C=O) groups is 4. The summed E-state index contributed by atoms with van der Waals surface area (Å²) in [6.45, 7) is 0.654. The van der Waals surface area contributed by atoms with E-state index in [0.29, 0.717) is 46.5 Å². The van der Waals surface area contributed by atoms with E-state index in [1.165, 1.54) is 28.9 Å². The van der Waals surface area contributed by atoms with Gasteiger partial charge in [-0.15, -0.1) is 11.8 Å². The zero-order chi connectivity index (χ0) is 26.4. The molecule has 0 aromatic carbocycles. The van der Waals surface area contributed by atoms with Crippen molar-refractivity contribution in [2.24, 2.45) is 11.8 Å². The molecule has 1 unspecified atom stereocenters. The van der Waals surface area contributed by atoms with Crippen LogP contribution >= 0.6 is 35.0 Å². The van der Waals surface area contributed by atoms with E-state index >= 15 is 0 Å². The van der Waals surface area contributed by atoms with Crippen molar-refractivity contribution in [1.29, 1.82) is 0 Å². The monoisotopic (exact) mass is 556 g/mol. The maximum absolute atomic E-state index is 13.1. The smallest absolute Gasteiger partial charge is 0.314 e. The van der Waals surface area contributed by atoms with Gasteiger partial charge < -0.3 is 26.2 Å². The number of hydrogen-bond acceptors (Lipinski definition) is 7. The number of carbonyl (C=O) groups excluding carboxylic acids is 4. The maximum atomic E-state index is 13.1. The Morgan fingerprint density at radius 1 is 1.08 bits per heavy atom. The van der Waals surface area contributed by atoms with Gasteiger partial charge in [0.25, 0.3) is 5.91 Å². The van der Waals surface area contributed by atoms with Gasteiger partial charge in [0.1, 0.15) is 5.82 Å². The fourth-order valence-electron chi connectivity index (χ4n) is 4.26. The Morgan fingerprint density at radius 2 is 1.83 bits per heavy atom. The number of anilines is 1. The number of hydrogen-bond donors (Lipinski definition) is 4. The molecule has 0 bridgehead atoms. The third-order valence-electron chi connectivity index (χ3n) is 6.11. The van der Waals surface area contributed by atoms with Crippen LogP contribution in [-0.2, 0) is 19.2 Å². The summed E-state index contributed by atoms with van der Waals surface area (Å²) in [5, 5.41) is 12.1. The number of nitrogens with zero attached hydrogens (tertiary/aromatic N) is 2. The molecule has 4 N–H and O–H groups in total. The minimum absolute atomic E-state index is 0.0394. The van der Waals surface area contributed by atoms with E-state index in [9.17, 15) is 19.2 Å². The van der Waals surface area contributed by atoms with Crippen molar-refractivity contribution in [1.82, 2.24) is 25.8 Å². The summed E-state index contributed by atoms with van der Waals surface area (Å²) in [7, 11) is 5.18. The molecule has 2 aliphatic rings. The van der Waals surface area contributed by atoms with E-state index in [0.717, 1.165) is 0 Å². The van der Waals surface area contributed by atoms with E-state index in [1.54, 1.807) is 20.2 Å². The van der Waals surface area contributed by atoms with E-state index in [2.05, 4.69) is 26.3 Å². The van der Waals surface area contributed by atoms with Crippen LogP contribution in [0.3, 0.4) is 0 Å². The molecule has 13 heteroatoms. The van der Waals surface area contributed by atoms with Crippen molar-refractivity contribution >= 4 is 64.4 Å². The lowest BCUT2D eigenvalue weighted by atomic mass is 9.81. The van der Waals surface area contributed by atoms with E-state index in [1.807, 2.05) is 7.05 Å². The van der Waals surface area contributed by atoms with Gasteiger partial charge >= 0.3 is 11.8 Å². The molecule has 4 atom stereocenters. The third-order valence-corrected chi connectivity index (χ3v) is 8.21. The fraction of sp³-hybridized carbons (Fsp3) is 0.522. The number of rotatable bonds is 7. The molecule has 10 nitrogen and oxygen atoms in total. The lowest BCUT2D eigenvalue weighted by Crippen LogP contribution is -2.57. The highest BCUT2D eigenvalue weighted by molar-refractivity contribution is 8.04. The molecular formula is C23H30Cl2N6O4S. The van der Waals surface area contributed by atoms with Gasteiger partial charge in [-0.05, 0) is 38.4 Å². The van der Waals surface area contributed by atoms with Gasteiger partial charge in [-0.1, -0.05) is 23.2 Å². The second kappa shape index (κ2) is 12.8. The summed E-state index contributed by atoms with van der Waals surface area (Å²) in [5.74, 6) is -1.56. The molecule has 3 rings (SSSR count). The largest absolute Gasteiger partial charge is 0.349 e. The van der Waals surface area contributed by atoms with Crippen LogP contribution in [0.4, 0.5) is 5.82 Å². The maximum Gasteiger partial charge on any atom is 0.314 e. The zero-order valence-electron chi connectivity index (χ0n) is 20.3. The van der Waals surface area contributed by atoms with E-state index in [4.69, 9.17) is 23.2 Å². The standard InChI is InChI=1S/C23H30Cl2N6O4S/c1-26-9-13-11-36-19(18(13)25)20(32)29-16-8-12(23(35)31(2)3)4-6-15(16)28-21(33)22(34)30-17-7-5-14(24)10-27-17/h5,7,10,12-13,15-16,26H,4,6,8-9,11H2,1-3H3,(H,28,33)(H,29,32)(H,27,30,34)/t12-,13?,15-,16+/m0/s1. The van der Waals surface area contributed by atoms with Crippen molar-refractivity contribution in [2.45, 2.75) is 31.3 Å². The summed E-state index contributed by atoms with van der Waals surface area (Å²) in [6, 6.07) is 1.91. The molecule has 1 aromatic heterocycles. The predicted molar refractivity (Wildman–Crippen MR) is 141 cm³/mol. The van der Waals surface area contributed by atoms with Gasteiger partial charge in [0, 0.05) is 55.5 Å². The summed E-state index contributed by atoms with van der Waals surface area (Å²) in [5.41, 5.74) is 0. The number of nitrogens with one attached hydrogen (secondary N) is 4. The first-order valence-corrected chi connectivity index (χ1v) is 13.3. The zero-order valence-corrected chi connectivity index (χ0v) is 22.6. The first-order chi connectivity index (χ1) is 17.1. The third kappa shape index (κ3) is 7.12. The van der Waals surface area contributed by atoms with Crippen molar-refractivity contribution in [2.75, 3.05) is 38.8 Å². The highest BCUT2D eigenvalue weighted by Crippen LogP contribution is 2.38. The molecule has 0 spiro atoms. The Bertz CT molecular complexity index is 1040. The average Bonchev–Trinajstić information content (AvgIpc) is 3.21.